The highest BCUT2D eigenvalue weighted by atomic mass is 32.2. The number of hydrogen-bond donors (Lipinski definition) is 1. The molecule has 7 heteroatoms. The summed E-state index contributed by atoms with van der Waals surface area (Å²) in [5, 5.41) is 17.5. The molecule has 0 amide bonds. The lowest BCUT2D eigenvalue weighted by atomic mass is 9.86. The first-order valence-electron chi connectivity index (χ1n) is 4.21. The van der Waals surface area contributed by atoms with Gasteiger partial charge in [-0.1, -0.05) is 0 Å². The molecule has 0 aromatic carbocycles. The van der Waals surface area contributed by atoms with Crippen LogP contribution < -0.4 is 0 Å². The van der Waals surface area contributed by atoms with Gasteiger partial charge in [-0.3, -0.25) is 4.18 Å². The van der Waals surface area contributed by atoms with Gasteiger partial charge in [0.2, 0.25) is 0 Å². The first kappa shape index (κ1) is 8.61. The fourth-order valence-corrected chi connectivity index (χ4v) is 4.28. The Morgan fingerprint density at radius 2 is 2.00 bits per heavy atom. The van der Waals surface area contributed by atoms with Crippen molar-refractivity contribution in [3.8, 4) is 6.07 Å². The minimum atomic E-state index is -3.73. The molecule has 3 aliphatic rings. The molecule has 14 heavy (non-hydrogen) atoms. The van der Waals surface area contributed by atoms with E-state index in [4.69, 9.17) is 14.2 Å². The smallest absolute Gasteiger partial charge is 0.274 e. The monoisotopic (exact) mass is 217 g/mol. The third-order valence-corrected chi connectivity index (χ3v) is 4.79. The van der Waals surface area contributed by atoms with Gasteiger partial charge in [0.1, 0.15) is 29.7 Å². The van der Waals surface area contributed by atoms with Crippen molar-refractivity contribution in [2.24, 2.45) is 5.92 Å². The van der Waals surface area contributed by atoms with Crippen molar-refractivity contribution in [1.82, 2.24) is 0 Å². The van der Waals surface area contributed by atoms with Gasteiger partial charge in [-0.15, -0.1) is 0 Å². The van der Waals surface area contributed by atoms with Crippen LogP contribution in [0.1, 0.15) is 0 Å². The van der Waals surface area contributed by atoms with E-state index in [-0.39, 0.29) is 0 Å². The van der Waals surface area contributed by atoms with E-state index < -0.39 is 45.7 Å². The fraction of sp³-hybridized carbons (Fsp3) is 0.857. The summed E-state index contributed by atoms with van der Waals surface area (Å²) in [5.74, 6) is -0.807. The second-order valence-electron chi connectivity index (χ2n) is 3.73. The van der Waals surface area contributed by atoms with Gasteiger partial charge in [-0.2, -0.15) is 13.7 Å². The molecular formula is C7H7NO5S. The molecule has 2 bridgehead atoms. The molecule has 0 aliphatic carbocycles. The van der Waals surface area contributed by atoms with Crippen molar-refractivity contribution in [3.05, 3.63) is 0 Å². The molecule has 6 nitrogen and oxygen atoms in total. The zero-order chi connectivity index (χ0) is 10.1. The van der Waals surface area contributed by atoms with Crippen molar-refractivity contribution in [2.45, 2.75) is 29.7 Å². The number of aliphatic hydroxyl groups excluding tert-OH is 1. The van der Waals surface area contributed by atoms with Crippen molar-refractivity contribution in [1.29, 1.82) is 5.26 Å². The summed E-state index contributed by atoms with van der Waals surface area (Å²) in [6.07, 6.45) is -3.18. The van der Waals surface area contributed by atoms with Gasteiger partial charge in [0.25, 0.3) is 10.1 Å². The van der Waals surface area contributed by atoms with Crippen LogP contribution in [-0.4, -0.2) is 43.2 Å². The zero-order valence-corrected chi connectivity index (χ0v) is 7.72. The predicted octanol–water partition coefficient (Wildman–Crippen LogP) is -1.63. The molecule has 1 N–H and O–H groups in total. The van der Waals surface area contributed by atoms with Gasteiger partial charge >= 0.3 is 0 Å². The first-order chi connectivity index (χ1) is 6.56. The van der Waals surface area contributed by atoms with Crippen LogP contribution in [0, 0.1) is 17.2 Å². The summed E-state index contributed by atoms with van der Waals surface area (Å²) in [6, 6.07) is 1.86. The van der Waals surface area contributed by atoms with Gasteiger partial charge in [0.15, 0.2) is 0 Å². The summed E-state index contributed by atoms with van der Waals surface area (Å²) >= 11 is 0. The molecule has 76 valence electrons. The van der Waals surface area contributed by atoms with E-state index in [0.29, 0.717) is 0 Å². The molecular weight excluding hydrogens is 210 g/mol. The summed E-state index contributed by atoms with van der Waals surface area (Å²) in [5.41, 5.74) is 0. The van der Waals surface area contributed by atoms with E-state index in [0.717, 1.165) is 0 Å². The van der Waals surface area contributed by atoms with Crippen LogP contribution in [0.15, 0.2) is 0 Å². The van der Waals surface area contributed by atoms with E-state index >= 15 is 0 Å². The number of ether oxygens (including phenoxy) is 1. The minimum absolute atomic E-state index is 0.662. The highest BCUT2D eigenvalue weighted by Gasteiger charge is 2.70. The van der Waals surface area contributed by atoms with Crippen molar-refractivity contribution in [2.75, 3.05) is 0 Å². The van der Waals surface area contributed by atoms with Gasteiger partial charge in [-0.05, 0) is 0 Å². The Balaban J connectivity index is 2.15. The van der Waals surface area contributed by atoms with Crippen LogP contribution in [0.3, 0.4) is 0 Å². The lowest BCUT2D eigenvalue weighted by Gasteiger charge is -2.19. The molecule has 6 unspecified atom stereocenters. The number of hydrogen-bond acceptors (Lipinski definition) is 6. The SMILES string of the molecule is N#CC1C2OC3C(OS(=O)(=O)C13)C2O. The fourth-order valence-electron chi connectivity index (χ4n) is 2.49. The van der Waals surface area contributed by atoms with Crippen LogP contribution in [0.25, 0.3) is 0 Å². The highest BCUT2D eigenvalue weighted by Crippen LogP contribution is 2.49. The molecule has 3 saturated heterocycles. The van der Waals surface area contributed by atoms with Crippen molar-refractivity contribution in [3.63, 3.8) is 0 Å². The Morgan fingerprint density at radius 3 is 2.64 bits per heavy atom. The molecule has 3 aliphatic heterocycles. The Kier molecular flexibility index (Phi) is 1.40. The lowest BCUT2D eigenvalue weighted by molar-refractivity contribution is 0.0289. The Hall–Kier alpha value is -0.680. The van der Waals surface area contributed by atoms with Crippen LogP contribution in [0.5, 0.6) is 0 Å². The number of rotatable bonds is 0. The van der Waals surface area contributed by atoms with Crippen LogP contribution >= 0.6 is 0 Å². The van der Waals surface area contributed by atoms with E-state index in [1.54, 1.807) is 0 Å². The van der Waals surface area contributed by atoms with E-state index in [1.807, 2.05) is 6.07 Å². The maximum atomic E-state index is 11.4. The molecule has 0 radical (unpaired) electrons. The van der Waals surface area contributed by atoms with Gasteiger partial charge in [-0.25, -0.2) is 0 Å². The summed E-state index contributed by atoms with van der Waals surface area (Å²) in [7, 11) is -3.73. The third kappa shape index (κ3) is 0.742. The standard InChI is InChI=1S/C7H7NO5S/c8-1-2-4-3(9)5-6(12-4)7(2)14(10,11)13-5/h2-7,9H. The zero-order valence-electron chi connectivity index (χ0n) is 6.90. The van der Waals surface area contributed by atoms with E-state index in [9.17, 15) is 13.5 Å². The van der Waals surface area contributed by atoms with E-state index in [1.165, 1.54) is 0 Å². The maximum absolute atomic E-state index is 11.4. The molecule has 3 rings (SSSR count). The molecule has 0 aromatic heterocycles. The second kappa shape index (κ2) is 2.28. The van der Waals surface area contributed by atoms with Crippen LogP contribution in [0.4, 0.5) is 0 Å². The van der Waals surface area contributed by atoms with Crippen molar-refractivity contribution >= 4 is 10.1 Å². The molecule has 3 heterocycles. The molecule has 0 saturated carbocycles. The summed E-state index contributed by atoms with van der Waals surface area (Å²) in [6.45, 7) is 0. The number of aliphatic hydroxyl groups is 1. The molecule has 0 aromatic rings. The minimum Gasteiger partial charge on any atom is -0.387 e. The third-order valence-electron chi connectivity index (χ3n) is 3.07. The molecule has 0 spiro atoms. The number of nitrogens with zero attached hydrogens (tertiary/aromatic N) is 1. The van der Waals surface area contributed by atoms with Crippen LogP contribution in [-0.2, 0) is 19.0 Å². The lowest BCUT2D eigenvalue weighted by Crippen LogP contribution is -2.44. The average molecular weight is 217 g/mol. The maximum Gasteiger partial charge on any atom is 0.274 e. The average Bonchev–Trinajstić information content (AvgIpc) is 2.67. The topological polar surface area (TPSA) is 96.6 Å². The molecule has 3 fully saturated rings. The van der Waals surface area contributed by atoms with E-state index in [2.05, 4.69) is 0 Å². The van der Waals surface area contributed by atoms with Gasteiger partial charge < -0.3 is 9.84 Å². The Labute approximate surface area is 80.2 Å². The normalized spacial score (nSPS) is 57.4. The highest BCUT2D eigenvalue weighted by molar-refractivity contribution is 7.87. The Bertz CT molecular complexity index is 426. The van der Waals surface area contributed by atoms with Crippen molar-refractivity contribution < 1.29 is 22.4 Å². The van der Waals surface area contributed by atoms with Crippen LogP contribution in [0.2, 0.25) is 0 Å². The Morgan fingerprint density at radius 1 is 1.29 bits per heavy atom. The number of fused-ring (bicyclic) bond motifs is 1. The summed E-state index contributed by atoms with van der Waals surface area (Å²) in [4.78, 5) is 0. The quantitative estimate of drug-likeness (QED) is 0.489. The summed E-state index contributed by atoms with van der Waals surface area (Å²) < 4.78 is 32.8. The largest absolute Gasteiger partial charge is 0.387 e. The number of nitriles is 1. The predicted molar refractivity (Wildman–Crippen MR) is 41.4 cm³/mol. The molecule has 6 atom stereocenters. The first-order valence-corrected chi connectivity index (χ1v) is 5.68. The van der Waals surface area contributed by atoms with Gasteiger partial charge in [0.05, 0.1) is 12.0 Å². The van der Waals surface area contributed by atoms with Gasteiger partial charge in [0, 0.05) is 0 Å². The second-order valence-corrected chi connectivity index (χ2v) is 5.45.